The van der Waals surface area contributed by atoms with E-state index >= 15 is 0 Å². The Bertz CT molecular complexity index is 136. The Morgan fingerprint density at radius 3 is 2.85 bits per heavy atom. The van der Waals surface area contributed by atoms with Crippen molar-refractivity contribution in [3.63, 3.8) is 0 Å². The van der Waals surface area contributed by atoms with Crippen LogP contribution in [0.5, 0.6) is 0 Å². The molecular formula is C11H24N2. The van der Waals surface area contributed by atoms with Gasteiger partial charge in [-0.15, -0.1) is 0 Å². The van der Waals surface area contributed by atoms with E-state index in [1.54, 1.807) is 0 Å². The van der Waals surface area contributed by atoms with Crippen LogP contribution in [0.1, 0.15) is 33.1 Å². The number of hydrogen-bond acceptors (Lipinski definition) is 2. The van der Waals surface area contributed by atoms with Gasteiger partial charge in [-0.1, -0.05) is 20.3 Å². The van der Waals surface area contributed by atoms with Gasteiger partial charge in [0.25, 0.3) is 0 Å². The predicted octanol–water partition coefficient (Wildman–Crippen LogP) is 1.70. The van der Waals surface area contributed by atoms with Crippen molar-refractivity contribution < 1.29 is 0 Å². The van der Waals surface area contributed by atoms with E-state index in [9.17, 15) is 0 Å². The molecule has 0 amide bonds. The molecule has 2 atom stereocenters. The summed E-state index contributed by atoms with van der Waals surface area (Å²) in [6.45, 7) is 9.29. The van der Waals surface area contributed by atoms with Gasteiger partial charge in [0.05, 0.1) is 0 Å². The van der Waals surface area contributed by atoms with Crippen molar-refractivity contribution in [3.8, 4) is 0 Å². The number of nitrogens with two attached hydrogens (primary N) is 1. The van der Waals surface area contributed by atoms with Crippen LogP contribution in [0.25, 0.3) is 0 Å². The normalized spacial score (nSPS) is 26.5. The van der Waals surface area contributed by atoms with Crippen molar-refractivity contribution in [2.24, 2.45) is 17.6 Å². The first kappa shape index (κ1) is 11.0. The maximum atomic E-state index is 5.59. The molecule has 78 valence electrons. The van der Waals surface area contributed by atoms with Crippen molar-refractivity contribution in [3.05, 3.63) is 0 Å². The van der Waals surface area contributed by atoms with Crippen LogP contribution in [0.2, 0.25) is 0 Å². The maximum Gasteiger partial charge on any atom is 0.00100 e. The summed E-state index contributed by atoms with van der Waals surface area (Å²) in [6.07, 6.45) is 4.03. The molecule has 0 spiro atoms. The second-order valence-corrected chi connectivity index (χ2v) is 4.49. The predicted molar refractivity (Wildman–Crippen MR) is 57.7 cm³/mol. The summed E-state index contributed by atoms with van der Waals surface area (Å²) >= 11 is 0. The first-order valence-corrected chi connectivity index (χ1v) is 5.68. The molecule has 2 nitrogen and oxygen atoms in total. The minimum Gasteiger partial charge on any atom is -0.330 e. The van der Waals surface area contributed by atoms with Crippen molar-refractivity contribution in [1.82, 2.24) is 4.90 Å². The molecule has 0 aliphatic carbocycles. The summed E-state index contributed by atoms with van der Waals surface area (Å²) in [4.78, 5) is 2.60. The number of rotatable bonds is 5. The van der Waals surface area contributed by atoms with Crippen molar-refractivity contribution in [2.45, 2.75) is 33.1 Å². The Hall–Kier alpha value is -0.0800. The van der Waals surface area contributed by atoms with Crippen molar-refractivity contribution in [1.29, 1.82) is 0 Å². The Kier molecular flexibility index (Phi) is 4.74. The van der Waals surface area contributed by atoms with Gasteiger partial charge in [0.2, 0.25) is 0 Å². The lowest BCUT2D eigenvalue weighted by molar-refractivity contribution is 0.297. The molecule has 13 heavy (non-hydrogen) atoms. The minimum atomic E-state index is 0.695. The number of likely N-dealkylation sites (tertiary alicyclic amines) is 1. The second kappa shape index (κ2) is 5.61. The van der Waals surface area contributed by atoms with Crippen LogP contribution in [0, 0.1) is 11.8 Å². The maximum absolute atomic E-state index is 5.59. The first-order valence-electron chi connectivity index (χ1n) is 5.68. The van der Waals surface area contributed by atoms with Gasteiger partial charge >= 0.3 is 0 Å². The molecule has 0 aromatic rings. The van der Waals surface area contributed by atoms with Crippen LogP contribution in [0.4, 0.5) is 0 Å². The highest BCUT2D eigenvalue weighted by molar-refractivity contribution is 4.74. The molecule has 2 N–H and O–H groups in total. The fourth-order valence-electron chi connectivity index (χ4n) is 1.97. The standard InChI is InChI=1S/C11H24N2/c1-3-11-5-7-13(9-11)6-4-10(2)8-12/h10-11H,3-9,12H2,1-2H3. The van der Waals surface area contributed by atoms with Gasteiger partial charge in [-0.3, -0.25) is 0 Å². The molecule has 1 aliphatic rings. The van der Waals surface area contributed by atoms with Crippen LogP contribution in [-0.2, 0) is 0 Å². The molecule has 0 aromatic carbocycles. The van der Waals surface area contributed by atoms with E-state index in [0.717, 1.165) is 12.5 Å². The van der Waals surface area contributed by atoms with E-state index in [1.165, 1.54) is 38.9 Å². The van der Waals surface area contributed by atoms with Gasteiger partial charge in [-0.05, 0) is 44.3 Å². The minimum absolute atomic E-state index is 0.695. The summed E-state index contributed by atoms with van der Waals surface area (Å²) in [5.41, 5.74) is 5.59. The highest BCUT2D eigenvalue weighted by atomic mass is 15.1. The van der Waals surface area contributed by atoms with Crippen LogP contribution >= 0.6 is 0 Å². The Labute approximate surface area is 82.5 Å². The van der Waals surface area contributed by atoms with Crippen LogP contribution in [0.15, 0.2) is 0 Å². The summed E-state index contributed by atoms with van der Waals surface area (Å²) in [5.74, 6) is 1.66. The van der Waals surface area contributed by atoms with Gasteiger partial charge in [0.15, 0.2) is 0 Å². The van der Waals surface area contributed by atoms with E-state index in [2.05, 4.69) is 18.7 Å². The lowest BCUT2D eigenvalue weighted by Gasteiger charge is -2.17. The van der Waals surface area contributed by atoms with Gasteiger partial charge in [-0.2, -0.15) is 0 Å². The van der Waals surface area contributed by atoms with Crippen molar-refractivity contribution >= 4 is 0 Å². The molecule has 0 bridgehead atoms. The summed E-state index contributed by atoms with van der Waals surface area (Å²) < 4.78 is 0. The lowest BCUT2D eigenvalue weighted by Crippen LogP contribution is -2.25. The van der Waals surface area contributed by atoms with Gasteiger partial charge in [0, 0.05) is 6.54 Å². The Morgan fingerprint density at radius 2 is 2.31 bits per heavy atom. The zero-order valence-electron chi connectivity index (χ0n) is 9.13. The van der Waals surface area contributed by atoms with Crippen LogP contribution in [0.3, 0.4) is 0 Å². The fraction of sp³-hybridized carbons (Fsp3) is 1.00. The first-order chi connectivity index (χ1) is 6.26. The van der Waals surface area contributed by atoms with E-state index < -0.39 is 0 Å². The topological polar surface area (TPSA) is 29.3 Å². The van der Waals surface area contributed by atoms with Crippen LogP contribution in [-0.4, -0.2) is 31.1 Å². The molecule has 2 heteroatoms. The second-order valence-electron chi connectivity index (χ2n) is 4.49. The average molecular weight is 184 g/mol. The van der Waals surface area contributed by atoms with E-state index in [1.807, 2.05) is 0 Å². The van der Waals surface area contributed by atoms with Gasteiger partial charge < -0.3 is 10.6 Å². The van der Waals surface area contributed by atoms with E-state index in [-0.39, 0.29) is 0 Å². The van der Waals surface area contributed by atoms with Crippen LogP contribution < -0.4 is 5.73 Å². The molecule has 2 unspecified atom stereocenters. The third-order valence-electron chi connectivity index (χ3n) is 3.29. The van der Waals surface area contributed by atoms with E-state index in [0.29, 0.717) is 5.92 Å². The summed E-state index contributed by atoms with van der Waals surface area (Å²) in [6, 6.07) is 0. The van der Waals surface area contributed by atoms with Crippen molar-refractivity contribution in [2.75, 3.05) is 26.2 Å². The SMILES string of the molecule is CCC1CCN(CCC(C)CN)C1. The molecule has 1 aliphatic heterocycles. The zero-order chi connectivity index (χ0) is 9.68. The highest BCUT2D eigenvalue weighted by Crippen LogP contribution is 2.19. The third kappa shape index (κ3) is 3.65. The summed E-state index contributed by atoms with van der Waals surface area (Å²) in [5, 5.41) is 0. The molecule has 1 fully saturated rings. The smallest absolute Gasteiger partial charge is 0.00100 e. The Morgan fingerprint density at radius 1 is 1.54 bits per heavy atom. The van der Waals surface area contributed by atoms with Gasteiger partial charge in [0.1, 0.15) is 0 Å². The molecule has 1 saturated heterocycles. The lowest BCUT2D eigenvalue weighted by atomic mass is 10.1. The quantitative estimate of drug-likeness (QED) is 0.704. The number of hydrogen-bond donors (Lipinski definition) is 1. The zero-order valence-corrected chi connectivity index (χ0v) is 9.13. The fourth-order valence-corrected chi connectivity index (χ4v) is 1.97. The molecular weight excluding hydrogens is 160 g/mol. The molecule has 1 heterocycles. The summed E-state index contributed by atoms with van der Waals surface area (Å²) in [7, 11) is 0. The highest BCUT2D eigenvalue weighted by Gasteiger charge is 2.20. The third-order valence-corrected chi connectivity index (χ3v) is 3.29. The molecule has 0 aromatic heterocycles. The monoisotopic (exact) mass is 184 g/mol. The Balaban J connectivity index is 2.10. The van der Waals surface area contributed by atoms with Gasteiger partial charge in [-0.25, -0.2) is 0 Å². The average Bonchev–Trinajstić information content (AvgIpc) is 2.61. The molecule has 0 saturated carbocycles. The number of nitrogens with zero attached hydrogens (tertiary/aromatic N) is 1. The van der Waals surface area contributed by atoms with E-state index in [4.69, 9.17) is 5.73 Å². The molecule has 0 radical (unpaired) electrons. The largest absolute Gasteiger partial charge is 0.330 e. The molecule has 1 rings (SSSR count).